The van der Waals surface area contributed by atoms with Gasteiger partial charge in [-0.05, 0) is 74.3 Å². The Hall–Kier alpha value is -2.49. The number of hydrogen-bond donors (Lipinski definition) is 1. The van der Waals surface area contributed by atoms with Crippen molar-refractivity contribution in [1.29, 1.82) is 0 Å². The maximum Gasteiger partial charge on any atom is 0.242 e. The van der Waals surface area contributed by atoms with E-state index in [1.807, 2.05) is 24.3 Å². The van der Waals surface area contributed by atoms with Gasteiger partial charge in [0, 0.05) is 26.6 Å². The maximum absolute atomic E-state index is 13.1. The molecule has 3 rings (SSSR count). The Balaban J connectivity index is 1.50. The van der Waals surface area contributed by atoms with Crippen LogP contribution in [0.3, 0.4) is 0 Å². The number of hydrogen-bond acceptors (Lipinski definition) is 5. The van der Waals surface area contributed by atoms with E-state index in [0.717, 1.165) is 49.4 Å². The van der Waals surface area contributed by atoms with E-state index >= 15 is 0 Å². The molecule has 180 valence electrons. The van der Waals surface area contributed by atoms with Crippen LogP contribution in [0.25, 0.3) is 0 Å². The quantitative estimate of drug-likeness (QED) is 0.538. The lowest BCUT2D eigenvalue weighted by atomic mass is 10.1. The molecule has 0 radical (unpaired) electrons. The van der Waals surface area contributed by atoms with E-state index in [2.05, 4.69) is 10.2 Å². The van der Waals surface area contributed by atoms with Crippen LogP contribution in [-0.4, -0.2) is 63.9 Å². The van der Waals surface area contributed by atoms with Gasteiger partial charge in [-0.2, -0.15) is 0 Å². The lowest BCUT2D eigenvalue weighted by Gasteiger charge is -2.28. The molecule has 1 heterocycles. The molecule has 9 heteroatoms. The van der Waals surface area contributed by atoms with Crippen molar-refractivity contribution in [2.45, 2.75) is 36.6 Å². The Bertz CT molecular complexity index is 1010. The minimum absolute atomic E-state index is 0.0313. The zero-order valence-corrected chi connectivity index (χ0v) is 20.0. The molecule has 1 atom stereocenters. The van der Waals surface area contributed by atoms with Crippen LogP contribution >= 0.6 is 0 Å². The molecule has 2 aromatic rings. The number of amides is 1. The summed E-state index contributed by atoms with van der Waals surface area (Å²) < 4.78 is 44.7. The van der Waals surface area contributed by atoms with Gasteiger partial charge in [0.1, 0.15) is 11.6 Å². The van der Waals surface area contributed by atoms with Crippen molar-refractivity contribution in [2.24, 2.45) is 0 Å². The number of methoxy groups -OCH3 is 1. The molecule has 0 aliphatic carbocycles. The molecular formula is C24H32FN3O4S. The molecule has 1 amide bonds. The first kappa shape index (κ1) is 25.1. The van der Waals surface area contributed by atoms with Crippen LogP contribution in [0, 0.1) is 5.82 Å². The average molecular weight is 478 g/mol. The summed E-state index contributed by atoms with van der Waals surface area (Å²) in [6, 6.07) is 12.7. The van der Waals surface area contributed by atoms with Gasteiger partial charge in [0.15, 0.2) is 0 Å². The normalized spacial score (nSPS) is 15.5. The van der Waals surface area contributed by atoms with Crippen LogP contribution in [0.1, 0.15) is 37.3 Å². The van der Waals surface area contributed by atoms with E-state index in [1.54, 1.807) is 7.11 Å². The lowest BCUT2D eigenvalue weighted by Crippen LogP contribution is -2.37. The Kier molecular flexibility index (Phi) is 8.82. The summed E-state index contributed by atoms with van der Waals surface area (Å²) in [6.07, 6.45) is 2.91. The van der Waals surface area contributed by atoms with Gasteiger partial charge in [-0.1, -0.05) is 12.1 Å². The van der Waals surface area contributed by atoms with Gasteiger partial charge < -0.3 is 10.1 Å². The third-order valence-corrected chi connectivity index (χ3v) is 7.84. The molecule has 7 nitrogen and oxygen atoms in total. The molecule has 1 N–H and O–H groups in total. The Morgan fingerprint density at radius 3 is 2.36 bits per heavy atom. The molecule has 0 spiro atoms. The fourth-order valence-electron chi connectivity index (χ4n) is 4.00. The summed E-state index contributed by atoms with van der Waals surface area (Å²) in [5.74, 6) is 0.193. The van der Waals surface area contributed by atoms with Gasteiger partial charge in [-0.25, -0.2) is 17.1 Å². The Morgan fingerprint density at radius 1 is 1.12 bits per heavy atom. The third kappa shape index (κ3) is 6.75. The van der Waals surface area contributed by atoms with Gasteiger partial charge in [-0.15, -0.1) is 0 Å². The molecule has 0 aromatic heterocycles. The summed E-state index contributed by atoms with van der Waals surface area (Å²) in [5, 5.41) is 3.02. The molecule has 1 aliphatic heterocycles. The Morgan fingerprint density at radius 2 is 1.76 bits per heavy atom. The van der Waals surface area contributed by atoms with Crippen LogP contribution < -0.4 is 10.1 Å². The highest BCUT2D eigenvalue weighted by molar-refractivity contribution is 7.89. The molecule has 0 bridgehead atoms. The molecule has 1 unspecified atom stereocenters. The van der Waals surface area contributed by atoms with Crippen molar-refractivity contribution >= 4 is 15.9 Å². The molecule has 1 saturated heterocycles. The molecule has 2 aromatic carbocycles. The summed E-state index contributed by atoms with van der Waals surface area (Å²) in [5.41, 5.74) is 1.13. The van der Waals surface area contributed by atoms with Crippen LogP contribution in [-0.2, 0) is 14.8 Å². The first-order chi connectivity index (χ1) is 15.8. The Labute approximate surface area is 195 Å². The van der Waals surface area contributed by atoms with Crippen molar-refractivity contribution in [3.63, 3.8) is 0 Å². The van der Waals surface area contributed by atoms with Crippen molar-refractivity contribution in [3.05, 3.63) is 59.9 Å². The van der Waals surface area contributed by atoms with Crippen molar-refractivity contribution in [3.8, 4) is 5.75 Å². The molecule has 1 aliphatic rings. The number of ether oxygens (including phenoxy) is 1. The first-order valence-corrected chi connectivity index (χ1v) is 12.6. The number of carbonyl (C=O) groups excluding carboxylic acids is 1. The van der Waals surface area contributed by atoms with Gasteiger partial charge in [0.25, 0.3) is 0 Å². The smallest absolute Gasteiger partial charge is 0.242 e. The number of benzene rings is 2. The highest BCUT2D eigenvalue weighted by atomic mass is 32.2. The van der Waals surface area contributed by atoms with Gasteiger partial charge in [0.05, 0.1) is 18.0 Å². The van der Waals surface area contributed by atoms with E-state index in [0.29, 0.717) is 13.0 Å². The number of sulfonamides is 1. The number of nitrogens with zero attached hydrogens (tertiary/aromatic N) is 2. The zero-order valence-electron chi connectivity index (χ0n) is 19.2. The zero-order chi connectivity index (χ0) is 23.8. The highest BCUT2D eigenvalue weighted by Crippen LogP contribution is 2.26. The molecule has 33 heavy (non-hydrogen) atoms. The van der Waals surface area contributed by atoms with Gasteiger partial charge in [0.2, 0.25) is 15.9 Å². The highest BCUT2D eigenvalue weighted by Gasteiger charge is 2.24. The average Bonchev–Trinajstić information content (AvgIpc) is 3.34. The SMILES string of the molecule is COc1ccc(C(CNC(=O)CCCN(C)S(=O)(=O)c2ccc(F)cc2)N2CCCC2)cc1. The molecule has 1 fully saturated rings. The van der Waals surface area contributed by atoms with Crippen molar-refractivity contribution in [2.75, 3.05) is 40.3 Å². The summed E-state index contributed by atoms with van der Waals surface area (Å²) in [7, 11) is -0.618. The van der Waals surface area contributed by atoms with Crippen LogP contribution in [0.2, 0.25) is 0 Å². The predicted octanol–water partition coefficient (Wildman–Crippen LogP) is 3.19. The monoisotopic (exact) mass is 477 g/mol. The second-order valence-corrected chi connectivity index (χ2v) is 10.3. The van der Waals surface area contributed by atoms with Crippen LogP contribution in [0.15, 0.2) is 53.4 Å². The minimum Gasteiger partial charge on any atom is -0.497 e. The van der Waals surface area contributed by atoms with Crippen LogP contribution in [0.5, 0.6) is 5.75 Å². The van der Waals surface area contributed by atoms with E-state index in [9.17, 15) is 17.6 Å². The van der Waals surface area contributed by atoms with Crippen molar-refractivity contribution < 1.29 is 22.3 Å². The molecular weight excluding hydrogens is 445 g/mol. The van der Waals surface area contributed by atoms with Gasteiger partial charge >= 0.3 is 0 Å². The second kappa shape index (κ2) is 11.6. The third-order valence-electron chi connectivity index (χ3n) is 5.97. The van der Waals surface area contributed by atoms with E-state index < -0.39 is 15.8 Å². The largest absolute Gasteiger partial charge is 0.497 e. The fourth-order valence-corrected chi connectivity index (χ4v) is 5.21. The summed E-state index contributed by atoms with van der Waals surface area (Å²) in [6.45, 7) is 2.69. The number of halogens is 1. The standard InChI is InChI=1S/C24H32FN3O4S/c1-27(33(30,31)22-13-9-20(25)10-14-22)15-5-6-24(29)26-18-23(28-16-3-4-17-28)19-7-11-21(32-2)12-8-19/h7-14,23H,3-6,15-18H2,1-2H3,(H,26,29). The number of carbonyl (C=O) groups is 1. The van der Waals surface area contributed by atoms with Crippen molar-refractivity contribution in [1.82, 2.24) is 14.5 Å². The van der Waals surface area contributed by atoms with Crippen LogP contribution in [0.4, 0.5) is 4.39 Å². The first-order valence-electron chi connectivity index (χ1n) is 11.2. The number of nitrogens with one attached hydrogen (secondary N) is 1. The predicted molar refractivity (Wildman–Crippen MR) is 125 cm³/mol. The van der Waals surface area contributed by atoms with Gasteiger partial charge in [-0.3, -0.25) is 9.69 Å². The molecule has 0 saturated carbocycles. The second-order valence-electron chi connectivity index (χ2n) is 8.22. The number of rotatable bonds is 11. The summed E-state index contributed by atoms with van der Waals surface area (Å²) in [4.78, 5) is 14.9. The summed E-state index contributed by atoms with van der Waals surface area (Å²) >= 11 is 0. The fraction of sp³-hybridized carbons (Fsp3) is 0.458. The lowest BCUT2D eigenvalue weighted by molar-refractivity contribution is -0.121. The topological polar surface area (TPSA) is 79.0 Å². The van der Waals surface area contributed by atoms with E-state index in [1.165, 1.54) is 23.5 Å². The number of likely N-dealkylation sites (tertiary alicyclic amines) is 1. The van der Waals surface area contributed by atoms with E-state index in [-0.39, 0.29) is 29.8 Å². The minimum atomic E-state index is -3.71. The maximum atomic E-state index is 13.1. The van der Waals surface area contributed by atoms with E-state index in [4.69, 9.17) is 4.74 Å².